The predicted molar refractivity (Wildman–Crippen MR) is 87.6 cm³/mol. The highest BCUT2D eigenvalue weighted by Crippen LogP contribution is 2.23. The Bertz CT molecular complexity index is 366. The zero-order chi connectivity index (χ0) is 15.0. The van der Waals surface area contributed by atoms with Gasteiger partial charge in [-0.15, -0.1) is 11.3 Å². The van der Waals surface area contributed by atoms with E-state index >= 15 is 0 Å². The normalized spacial score (nSPS) is 11.6. The average molecular weight is 299 g/mol. The minimum absolute atomic E-state index is 0.623. The number of methoxy groups -OCH3 is 1. The van der Waals surface area contributed by atoms with E-state index in [4.69, 9.17) is 4.74 Å². The molecule has 0 unspecified atom stereocenters. The Morgan fingerprint density at radius 2 is 2.05 bits per heavy atom. The second-order valence-corrected chi connectivity index (χ2v) is 7.06. The molecule has 0 aliphatic rings. The molecule has 0 spiro atoms. The smallest absolute Gasteiger partial charge is 0.185 e. The molecule has 0 saturated heterocycles. The largest absolute Gasteiger partial charge is 0.383 e. The maximum atomic E-state index is 5.20. The number of thiazole rings is 1. The number of anilines is 1. The van der Waals surface area contributed by atoms with Crippen LogP contribution in [0.5, 0.6) is 0 Å². The summed E-state index contributed by atoms with van der Waals surface area (Å²) >= 11 is 1.78. The van der Waals surface area contributed by atoms with Gasteiger partial charge in [-0.3, -0.25) is 0 Å². The van der Waals surface area contributed by atoms with Crippen molar-refractivity contribution in [1.29, 1.82) is 0 Å². The summed E-state index contributed by atoms with van der Waals surface area (Å²) < 4.78 is 5.20. The number of nitrogens with zero attached hydrogens (tertiary/aromatic N) is 2. The van der Waals surface area contributed by atoms with Gasteiger partial charge < -0.3 is 15.0 Å². The SMILES string of the molecule is COCCN(CC(C)C)c1ncc(CNCC(C)C)s1. The predicted octanol–water partition coefficient (Wildman–Crippen LogP) is 3.00. The van der Waals surface area contributed by atoms with Gasteiger partial charge >= 0.3 is 0 Å². The summed E-state index contributed by atoms with van der Waals surface area (Å²) in [4.78, 5) is 8.19. The van der Waals surface area contributed by atoms with E-state index in [1.165, 1.54) is 4.88 Å². The number of ether oxygens (including phenoxy) is 1. The van der Waals surface area contributed by atoms with E-state index in [-0.39, 0.29) is 0 Å². The van der Waals surface area contributed by atoms with Crippen LogP contribution in [-0.4, -0.2) is 38.3 Å². The van der Waals surface area contributed by atoms with Crippen molar-refractivity contribution in [2.45, 2.75) is 34.2 Å². The minimum Gasteiger partial charge on any atom is -0.383 e. The van der Waals surface area contributed by atoms with E-state index < -0.39 is 0 Å². The molecular weight excluding hydrogens is 270 g/mol. The van der Waals surface area contributed by atoms with Crippen LogP contribution >= 0.6 is 11.3 Å². The molecule has 1 heterocycles. The summed E-state index contributed by atoms with van der Waals surface area (Å²) in [5.74, 6) is 1.31. The summed E-state index contributed by atoms with van der Waals surface area (Å²) in [7, 11) is 1.75. The van der Waals surface area contributed by atoms with Crippen LogP contribution < -0.4 is 10.2 Å². The molecule has 0 amide bonds. The third-order valence-electron chi connectivity index (χ3n) is 2.81. The van der Waals surface area contributed by atoms with Gasteiger partial charge in [0, 0.05) is 37.8 Å². The molecule has 0 aliphatic heterocycles. The molecule has 0 bridgehead atoms. The van der Waals surface area contributed by atoms with E-state index in [9.17, 15) is 0 Å². The third-order valence-corrected chi connectivity index (χ3v) is 3.87. The third kappa shape index (κ3) is 6.68. The first kappa shape index (κ1) is 17.4. The van der Waals surface area contributed by atoms with Gasteiger partial charge in [0.25, 0.3) is 0 Å². The standard InChI is InChI=1S/C15H29N3OS/c1-12(2)8-16-9-14-10-17-15(20-14)18(6-7-19-5)11-13(3)4/h10,12-13,16H,6-9,11H2,1-5H3. The fraction of sp³-hybridized carbons (Fsp3) is 0.800. The molecule has 1 aromatic rings. The van der Waals surface area contributed by atoms with Crippen LogP contribution in [0.1, 0.15) is 32.6 Å². The number of nitrogens with one attached hydrogen (secondary N) is 1. The van der Waals surface area contributed by atoms with Gasteiger partial charge in [-0.05, 0) is 18.4 Å². The first-order valence-corrected chi connectivity index (χ1v) is 8.23. The fourth-order valence-electron chi connectivity index (χ4n) is 1.92. The van der Waals surface area contributed by atoms with Crippen LogP contribution in [0.4, 0.5) is 5.13 Å². The molecule has 4 nitrogen and oxygen atoms in total. The Morgan fingerprint density at radius 3 is 2.65 bits per heavy atom. The molecule has 1 rings (SSSR count). The Labute approximate surface area is 127 Å². The number of rotatable bonds is 10. The van der Waals surface area contributed by atoms with Crippen molar-refractivity contribution in [2.24, 2.45) is 11.8 Å². The molecule has 1 N–H and O–H groups in total. The molecule has 0 aliphatic carbocycles. The van der Waals surface area contributed by atoms with E-state index in [2.05, 4.69) is 42.9 Å². The molecule has 0 aromatic carbocycles. The summed E-state index contributed by atoms with van der Waals surface area (Å²) in [5.41, 5.74) is 0. The van der Waals surface area contributed by atoms with Crippen LogP contribution in [0.3, 0.4) is 0 Å². The van der Waals surface area contributed by atoms with Crippen molar-refractivity contribution in [3.8, 4) is 0 Å². The lowest BCUT2D eigenvalue weighted by Gasteiger charge is -2.23. The molecule has 0 saturated carbocycles. The Hall–Kier alpha value is -0.650. The topological polar surface area (TPSA) is 37.4 Å². The van der Waals surface area contributed by atoms with Crippen LogP contribution in [0.25, 0.3) is 0 Å². The second kappa shape index (κ2) is 9.32. The maximum Gasteiger partial charge on any atom is 0.185 e. The minimum atomic E-state index is 0.623. The molecule has 5 heteroatoms. The summed E-state index contributed by atoms with van der Waals surface area (Å²) in [6, 6.07) is 0. The lowest BCUT2D eigenvalue weighted by molar-refractivity contribution is 0.204. The van der Waals surface area contributed by atoms with Gasteiger partial charge in [-0.2, -0.15) is 0 Å². The monoisotopic (exact) mass is 299 g/mol. The van der Waals surface area contributed by atoms with Gasteiger partial charge in [0.15, 0.2) is 5.13 Å². The maximum absolute atomic E-state index is 5.20. The first-order valence-electron chi connectivity index (χ1n) is 7.42. The van der Waals surface area contributed by atoms with Crippen LogP contribution in [0, 0.1) is 11.8 Å². The van der Waals surface area contributed by atoms with Crippen molar-refractivity contribution >= 4 is 16.5 Å². The van der Waals surface area contributed by atoms with Crippen molar-refractivity contribution in [1.82, 2.24) is 10.3 Å². The first-order chi connectivity index (χ1) is 9.52. The highest BCUT2D eigenvalue weighted by Gasteiger charge is 2.12. The fourth-order valence-corrected chi connectivity index (χ4v) is 2.83. The molecular formula is C15H29N3OS. The number of hydrogen-bond acceptors (Lipinski definition) is 5. The van der Waals surface area contributed by atoms with Crippen LogP contribution in [-0.2, 0) is 11.3 Å². The van der Waals surface area contributed by atoms with Crippen LogP contribution in [0.2, 0.25) is 0 Å². The number of aromatic nitrogens is 1. The Kier molecular flexibility index (Phi) is 8.11. The average Bonchev–Trinajstić information content (AvgIpc) is 2.82. The molecule has 116 valence electrons. The lowest BCUT2D eigenvalue weighted by atomic mass is 10.2. The van der Waals surface area contributed by atoms with Gasteiger partial charge in [0.2, 0.25) is 0 Å². The summed E-state index contributed by atoms with van der Waals surface area (Å²) in [6.07, 6.45) is 1.99. The van der Waals surface area contributed by atoms with E-state index in [1.54, 1.807) is 18.4 Å². The van der Waals surface area contributed by atoms with Gasteiger partial charge in [-0.1, -0.05) is 27.7 Å². The van der Waals surface area contributed by atoms with Crippen molar-refractivity contribution < 1.29 is 4.74 Å². The van der Waals surface area contributed by atoms with E-state index in [1.807, 2.05) is 6.20 Å². The molecule has 0 radical (unpaired) electrons. The molecule has 0 atom stereocenters. The van der Waals surface area contributed by atoms with Gasteiger partial charge in [0.1, 0.15) is 0 Å². The van der Waals surface area contributed by atoms with Crippen LogP contribution in [0.15, 0.2) is 6.20 Å². The Balaban J connectivity index is 2.55. The molecule has 0 fully saturated rings. The number of hydrogen-bond donors (Lipinski definition) is 1. The van der Waals surface area contributed by atoms with Gasteiger partial charge in [-0.25, -0.2) is 4.98 Å². The highest BCUT2D eigenvalue weighted by molar-refractivity contribution is 7.15. The van der Waals surface area contributed by atoms with E-state index in [0.29, 0.717) is 11.8 Å². The van der Waals surface area contributed by atoms with Crippen molar-refractivity contribution in [3.63, 3.8) is 0 Å². The zero-order valence-electron chi connectivity index (χ0n) is 13.5. The Morgan fingerprint density at radius 1 is 1.30 bits per heavy atom. The lowest BCUT2D eigenvalue weighted by Crippen LogP contribution is -2.30. The summed E-state index contributed by atoms with van der Waals surface area (Å²) in [6.45, 7) is 13.5. The van der Waals surface area contributed by atoms with E-state index in [0.717, 1.165) is 37.9 Å². The van der Waals surface area contributed by atoms with Gasteiger partial charge in [0.05, 0.1) is 6.61 Å². The second-order valence-electron chi connectivity index (χ2n) is 5.97. The summed E-state index contributed by atoms with van der Waals surface area (Å²) in [5, 5.41) is 4.57. The quantitative estimate of drug-likeness (QED) is 0.721. The van der Waals surface area contributed by atoms with Crippen molar-refractivity contribution in [2.75, 3.05) is 38.3 Å². The highest BCUT2D eigenvalue weighted by atomic mass is 32.1. The van der Waals surface area contributed by atoms with Crippen molar-refractivity contribution in [3.05, 3.63) is 11.1 Å². The molecule has 20 heavy (non-hydrogen) atoms. The molecule has 1 aromatic heterocycles. The zero-order valence-corrected chi connectivity index (χ0v) is 14.3.